The number of methoxy groups -OCH3 is 3. The Kier molecular flexibility index (Phi) is 113. The summed E-state index contributed by atoms with van der Waals surface area (Å²) in [5.41, 5.74) is 0.659. The molecular weight excluding hydrogens is 1730 g/mol. The van der Waals surface area contributed by atoms with Gasteiger partial charge in [0, 0.05) is 27.9 Å². The minimum Gasteiger partial charge on any atom is -0.379 e. The molecule has 14 rings (SSSR count). The normalized spacial score (nSPS) is 35.4. The molecule has 0 aliphatic heterocycles. The zero-order valence-corrected chi connectivity index (χ0v) is 98.2. The van der Waals surface area contributed by atoms with Gasteiger partial charge in [-0.2, -0.15) is 0 Å². The highest BCUT2D eigenvalue weighted by Gasteiger charge is 2.38. The van der Waals surface area contributed by atoms with Crippen LogP contribution in [0.5, 0.6) is 0 Å². The van der Waals surface area contributed by atoms with E-state index in [1.165, 1.54) is 334 Å². The van der Waals surface area contributed by atoms with Gasteiger partial charge in [-0.1, -0.05) is 548 Å². The second kappa shape index (κ2) is 97.5. The van der Waals surface area contributed by atoms with E-state index >= 15 is 0 Å². The molecule has 0 aromatic carbocycles. The SMILES string of the molecule is C.C.C.C.C.C.C.C.C.C.C.CC(C)C1CCCCC1C.CC1CC(C)C(C)C(C)C1.CC1CC(C)CC(C)C1.CC1CCC(C(C)C)CC1.CC1CCC(C)(C)CC1.CC1CCC(C)C1C.CC1CCC(C)CC1.CC1CCC(C)CC1.CCC1CCC(C)CC1.CCC1CCCC(C)C1.CCC1CCCCC1C.CCCC1CCCCC1C.CCOC1CCC(C)CC1.COC1CC(C)CC(OC)C1OC. The summed E-state index contributed by atoms with van der Waals surface area (Å²) in [4.78, 5) is 0. The average molecular weight is 2040 g/mol. The zero-order chi connectivity index (χ0) is 99.4. The van der Waals surface area contributed by atoms with E-state index in [1.54, 1.807) is 21.3 Å². The molecule has 14 atom stereocenters. The first kappa shape index (κ1) is 165. The third-order valence-corrected chi connectivity index (χ3v) is 38.2. The summed E-state index contributed by atoms with van der Waals surface area (Å²) in [5.74, 6) is 30.7. The number of rotatable bonds is 12. The van der Waals surface area contributed by atoms with Crippen molar-refractivity contribution in [2.45, 2.75) is 688 Å². The van der Waals surface area contributed by atoms with Crippen LogP contribution < -0.4 is 0 Å². The molecule has 143 heavy (non-hydrogen) atoms. The van der Waals surface area contributed by atoms with Crippen LogP contribution in [0.4, 0.5) is 0 Å². The fraction of sp³-hybridized carbons (Fsp3) is 1.00. The predicted octanol–water partition coefficient (Wildman–Crippen LogP) is 49.3. The van der Waals surface area contributed by atoms with Gasteiger partial charge in [0.05, 0.1) is 18.3 Å². The predicted molar refractivity (Wildman–Crippen MR) is 669 cm³/mol. The summed E-state index contributed by atoms with van der Waals surface area (Å²) in [6, 6.07) is 0. The van der Waals surface area contributed by atoms with E-state index < -0.39 is 0 Å². The first-order valence-corrected chi connectivity index (χ1v) is 60.7. The Hall–Kier alpha value is -0.160. The van der Waals surface area contributed by atoms with Gasteiger partial charge < -0.3 is 18.9 Å². The van der Waals surface area contributed by atoms with Gasteiger partial charge in [-0.3, -0.25) is 0 Å². The van der Waals surface area contributed by atoms with Crippen LogP contribution in [0.2, 0.25) is 0 Å². The van der Waals surface area contributed by atoms with Gasteiger partial charge in [-0.15, -0.1) is 0 Å². The highest BCUT2D eigenvalue weighted by molar-refractivity contribution is 4.88. The molecule has 880 valence electrons. The number of hydrogen-bond acceptors (Lipinski definition) is 4. The van der Waals surface area contributed by atoms with Gasteiger partial charge >= 0.3 is 0 Å². The van der Waals surface area contributed by atoms with Crippen LogP contribution in [-0.2, 0) is 18.9 Å². The Morgan fingerprint density at radius 1 is 0.245 bits per heavy atom. The number of hydrogen-bond donors (Lipinski definition) is 0. The third-order valence-electron chi connectivity index (χ3n) is 38.2. The van der Waals surface area contributed by atoms with Crippen LogP contribution in [0.15, 0.2) is 0 Å². The molecule has 0 N–H and O–H groups in total. The van der Waals surface area contributed by atoms with E-state index in [4.69, 9.17) is 18.9 Å². The fourth-order valence-electron chi connectivity index (χ4n) is 26.7. The lowest BCUT2D eigenvalue weighted by Crippen LogP contribution is -2.46. The smallest absolute Gasteiger partial charge is 0.109 e. The molecule has 14 fully saturated rings. The van der Waals surface area contributed by atoms with Gasteiger partial charge in [-0.05, 0) is 305 Å². The molecule has 14 aliphatic carbocycles. The first-order valence-electron chi connectivity index (χ1n) is 60.7. The summed E-state index contributed by atoms with van der Waals surface area (Å²) < 4.78 is 21.7. The van der Waals surface area contributed by atoms with Crippen LogP contribution >= 0.6 is 0 Å². The second-order valence-corrected chi connectivity index (χ2v) is 52.8. The van der Waals surface area contributed by atoms with E-state index in [-0.39, 0.29) is 100 Å². The standard InChI is InChI=1S/C10H20O3.4C10H20.C9H18O.5C9H18.3C8H16.11CH4/c1-7-5-8(11-2)10(13-4)9(6-7)12-3;1-7-5-8(2)10(4)9(3)6-7;1-8(2)10-6-4-9(3)5-7-10;1-8(2)10-7-5-4-6-9(10)3;1-3-6-10-8-5-4-7-9(10)2;1-3-10-9-6-4-8(2)5-7-9;1-7-4-8(2)6-9(3)5-7;1-8-4-6-9(2,3)7-5-8;1-3-9-6-4-8(2)5-7-9;1-3-9-6-4-5-8(2)7-9;1-3-9-7-5-4-6-8(9)2;1-6-4-5-7(2)8(6)3;2*1-7-3-5-8(2)6-4-7;;;;;;;;;;;/h7-10H,5-6H2,1-4H3;7-10H,5-6H2,1-4H3;2*8-10H,4-7H2,1-3H3;9-10H,3-8H2,1-2H3;8-9H,3-7H2,1-2H3;7-9H,4-6H2,1-3H3;8H,4-7H2,1-3H3;3*8-9H,3-7H2,1-2H3;6-8H,4-5H2,1-3H3;2*7-8H,3-6H2,1-2H3;11*1H4. The lowest BCUT2D eigenvalue weighted by Gasteiger charge is -2.38. The fourth-order valence-corrected chi connectivity index (χ4v) is 26.7. The molecule has 0 spiro atoms. The lowest BCUT2D eigenvalue weighted by molar-refractivity contribution is -0.138. The molecule has 0 saturated heterocycles. The zero-order valence-electron chi connectivity index (χ0n) is 98.2. The molecule has 0 aromatic heterocycles. The molecule has 0 bridgehead atoms. The summed E-state index contributed by atoms with van der Waals surface area (Å²) in [7, 11) is 5.20. The van der Waals surface area contributed by atoms with Crippen LogP contribution in [0.1, 0.15) is 664 Å². The molecule has 4 heteroatoms. The van der Waals surface area contributed by atoms with E-state index in [9.17, 15) is 0 Å². The summed E-state index contributed by atoms with van der Waals surface area (Å²) in [6.07, 6.45) is 79.0. The Labute approximate surface area is 918 Å². The van der Waals surface area contributed by atoms with Crippen LogP contribution in [0.3, 0.4) is 0 Å². The topological polar surface area (TPSA) is 36.9 Å². The molecule has 4 nitrogen and oxygen atoms in total. The largest absolute Gasteiger partial charge is 0.379 e. The summed E-state index contributed by atoms with van der Waals surface area (Å²) in [5, 5.41) is 0. The maximum atomic E-state index is 5.53. The number of ether oxygens (including phenoxy) is 4. The van der Waals surface area contributed by atoms with Crippen molar-refractivity contribution in [2.75, 3.05) is 27.9 Å². The molecule has 14 unspecified atom stereocenters. The van der Waals surface area contributed by atoms with Gasteiger partial charge in [0.15, 0.2) is 0 Å². The summed E-state index contributed by atoms with van der Waals surface area (Å²) >= 11 is 0. The second-order valence-electron chi connectivity index (χ2n) is 52.8. The highest BCUT2D eigenvalue weighted by atomic mass is 16.6. The van der Waals surface area contributed by atoms with Crippen molar-refractivity contribution in [3.8, 4) is 0 Å². The minimum atomic E-state index is 0. The molecule has 14 saturated carbocycles. The van der Waals surface area contributed by atoms with Crippen molar-refractivity contribution < 1.29 is 18.9 Å². The van der Waals surface area contributed by atoms with Gasteiger partial charge in [0.1, 0.15) is 6.10 Å². The Morgan fingerprint density at radius 2 is 0.566 bits per heavy atom. The highest BCUT2D eigenvalue weighted by Crippen LogP contribution is 2.43. The van der Waals surface area contributed by atoms with Gasteiger partial charge in [-0.25, -0.2) is 0 Å². The molecule has 0 amide bonds. The monoisotopic (exact) mass is 2030 g/mol. The van der Waals surface area contributed by atoms with Crippen LogP contribution in [0, 0.1) is 189 Å². The van der Waals surface area contributed by atoms with Crippen molar-refractivity contribution in [2.24, 2.45) is 189 Å². The Morgan fingerprint density at radius 3 is 0.846 bits per heavy atom. The van der Waals surface area contributed by atoms with E-state index in [2.05, 4.69) is 235 Å². The van der Waals surface area contributed by atoms with E-state index in [0.717, 1.165) is 197 Å². The van der Waals surface area contributed by atoms with Gasteiger partial charge in [0.25, 0.3) is 0 Å². The van der Waals surface area contributed by atoms with Crippen molar-refractivity contribution in [3.63, 3.8) is 0 Å². The van der Waals surface area contributed by atoms with Crippen molar-refractivity contribution in [1.29, 1.82) is 0 Å². The molecular formula is C139H300O4. The molecule has 14 aliphatic rings. The van der Waals surface area contributed by atoms with Crippen molar-refractivity contribution >= 4 is 0 Å². The van der Waals surface area contributed by atoms with E-state index in [0.29, 0.717) is 17.4 Å². The Balaban J connectivity index is -0.000000145. The minimum absolute atomic E-state index is 0. The maximum Gasteiger partial charge on any atom is 0.109 e. The van der Waals surface area contributed by atoms with Crippen molar-refractivity contribution in [3.05, 3.63) is 0 Å². The maximum absolute atomic E-state index is 5.53. The Bertz CT molecular complexity index is 2380. The van der Waals surface area contributed by atoms with Gasteiger partial charge in [0.2, 0.25) is 0 Å². The van der Waals surface area contributed by atoms with E-state index in [1.807, 2.05) is 0 Å². The average Bonchev–Trinajstić information content (AvgIpc) is 1.84. The first-order chi connectivity index (χ1) is 62.5. The lowest BCUT2D eigenvalue weighted by atomic mass is 9.71. The summed E-state index contributed by atoms with van der Waals surface area (Å²) in [6.45, 7) is 81.1. The molecule has 0 heterocycles. The van der Waals surface area contributed by atoms with Crippen molar-refractivity contribution in [1.82, 2.24) is 0 Å². The third kappa shape index (κ3) is 78.6. The van der Waals surface area contributed by atoms with Crippen LogP contribution in [-0.4, -0.2) is 52.4 Å². The molecule has 0 radical (unpaired) electrons. The molecule has 0 aromatic rings. The quantitative estimate of drug-likeness (QED) is 0.195. The van der Waals surface area contributed by atoms with Crippen LogP contribution in [0.25, 0.3) is 0 Å².